The van der Waals surface area contributed by atoms with Gasteiger partial charge in [-0.2, -0.15) is 10.2 Å². The Labute approximate surface area is 93.0 Å². The maximum atomic E-state index is 4.07. The second-order valence-corrected chi connectivity index (χ2v) is 3.00. The fraction of sp³-hybridized carbons (Fsp3) is 0. The Hall–Kier alpha value is -2.36. The monoisotopic (exact) mass is 210 g/mol. The third kappa shape index (κ3) is 2.81. The molecule has 78 valence electrons. The first-order valence-corrected chi connectivity index (χ1v) is 4.83. The summed E-state index contributed by atoms with van der Waals surface area (Å²) in [5.74, 6) is 0. The summed E-state index contributed by atoms with van der Waals surface area (Å²) in [5, 5.41) is 8.16. The van der Waals surface area contributed by atoms with Crippen LogP contribution in [0.25, 0.3) is 10.9 Å². The maximum absolute atomic E-state index is 4.07. The average molecular weight is 210 g/mol. The zero-order valence-corrected chi connectivity index (χ0v) is 8.56. The van der Waals surface area contributed by atoms with Crippen LogP contribution in [0.3, 0.4) is 0 Å². The number of benzene rings is 1. The van der Waals surface area contributed by atoms with E-state index in [4.69, 9.17) is 0 Å². The summed E-state index contributed by atoms with van der Waals surface area (Å²) in [5.41, 5.74) is 0.998. The SMILES string of the molecule is c1ccc2ncncc2c1.c1ccnnc1. The lowest BCUT2D eigenvalue weighted by atomic mass is 10.2. The first-order valence-electron chi connectivity index (χ1n) is 4.83. The third-order valence-corrected chi connectivity index (χ3v) is 1.90. The van der Waals surface area contributed by atoms with E-state index in [0.717, 1.165) is 10.9 Å². The van der Waals surface area contributed by atoms with E-state index >= 15 is 0 Å². The minimum absolute atomic E-state index is 0.998. The van der Waals surface area contributed by atoms with E-state index in [2.05, 4.69) is 20.2 Å². The van der Waals surface area contributed by atoms with Gasteiger partial charge in [0.1, 0.15) is 6.33 Å². The van der Waals surface area contributed by atoms with Gasteiger partial charge in [-0.15, -0.1) is 0 Å². The molecule has 2 heterocycles. The highest BCUT2D eigenvalue weighted by Crippen LogP contribution is 2.06. The van der Waals surface area contributed by atoms with Gasteiger partial charge in [0.15, 0.2) is 0 Å². The van der Waals surface area contributed by atoms with Crippen molar-refractivity contribution in [3.8, 4) is 0 Å². The largest absolute Gasteiger partial charge is 0.244 e. The van der Waals surface area contributed by atoms with Crippen LogP contribution in [0.4, 0.5) is 0 Å². The van der Waals surface area contributed by atoms with Crippen LogP contribution in [0.2, 0.25) is 0 Å². The Bertz CT molecular complexity index is 447. The zero-order chi connectivity index (χ0) is 11.1. The van der Waals surface area contributed by atoms with Gasteiger partial charge in [0, 0.05) is 24.0 Å². The van der Waals surface area contributed by atoms with Crippen LogP contribution in [0.15, 0.2) is 61.3 Å². The van der Waals surface area contributed by atoms with Crippen LogP contribution >= 0.6 is 0 Å². The minimum Gasteiger partial charge on any atom is -0.244 e. The van der Waals surface area contributed by atoms with Crippen molar-refractivity contribution in [2.75, 3.05) is 0 Å². The lowest BCUT2D eigenvalue weighted by Crippen LogP contribution is -1.77. The van der Waals surface area contributed by atoms with Gasteiger partial charge in [-0.3, -0.25) is 0 Å². The molecule has 0 unspecified atom stereocenters. The Morgan fingerprint density at radius 1 is 0.812 bits per heavy atom. The number of rotatable bonds is 0. The second-order valence-electron chi connectivity index (χ2n) is 3.00. The third-order valence-electron chi connectivity index (χ3n) is 1.90. The maximum Gasteiger partial charge on any atom is 0.116 e. The molecule has 0 aliphatic rings. The van der Waals surface area contributed by atoms with E-state index in [1.165, 1.54) is 0 Å². The highest BCUT2D eigenvalue weighted by atomic mass is 15.1. The van der Waals surface area contributed by atoms with Crippen molar-refractivity contribution in [2.45, 2.75) is 0 Å². The molecule has 0 spiro atoms. The van der Waals surface area contributed by atoms with Crippen LogP contribution < -0.4 is 0 Å². The summed E-state index contributed by atoms with van der Waals surface area (Å²) in [6.45, 7) is 0. The lowest BCUT2D eigenvalue weighted by molar-refractivity contribution is 1.03. The van der Waals surface area contributed by atoms with Gasteiger partial charge >= 0.3 is 0 Å². The van der Waals surface area contributed by atoms with E-state index in [9.17, 15) is 0 Å². The molecule has 0 radical (unpaired) electrons. The van der Waals surface area contributed by atoms with Gasteiger partial charge < -0.3 is 0 Å². The fourth-order valence-corrected chi connectivity index (χ4v) is 1.18. The molecule has 2 aromatic heterocycles. The van der Waals surface area contributed by atoms with E-state index in [-0.39, 0.29) is 0 Å². The van der Waals surface area contributed by atoms with Gasteiger partial charge in [0.25, 0.3) is 0 Å². The van der Waals surface area contributed by atoms with Gasteiger partial charge in [0.05, 0.1) is 5.52 Å². The highest BCUT2D eigenvalue weighted by molar-refractivity contribution is 5.76. The quantitative estimate of drug-likeness (QED) is 0.570. The van der Waals surface area contributed by atoms with Crippen molar-refractivity contribution in [3.63, 3.8) is 0 Å². The predicted molar refractivity (Wildman–Crippen MR) is 61.6 cm³/mol. The fourth-order valence-electron chi connectivity index (χ4n) is 1.18. The number of fused-ring (bicyclic) bond motifs is 1. The second kappa shape index (κ2) is 5.50. The molecule has 0 N–H and O–H groups in total. The Kier molecular flexibility index (Phi) is 3.50. The van der Waals surface area contributed by atoms with E-state index in [1.807, 2.05) is 42.6 Å². The summed E-state index contributed by atoms with van der Waals surface area (Å²) in [6, 6.07) is 11.6. The number of aromatic nitrogens is 4. The molecule has 0 aliphatic carbocycles. The summed E-state index contributed by atoms with van der Waals surface area (Å²) in [7, 11) is 0. The topological polar surface area (TPSA) is 51.6 Å². The van der Waals surface area contributed by atoms with Gasteiger partial charge in [-0.05, 0) is 18.2 Å². The zero-order valence-electron chi connectivity index (χ0n) is 8.56. The minimum atomic E-state index is 0.998. The van der Waals surface area contributed by atoms with Crippen LogP contribution in [0, 0.1) is 0 Å². The molecule has 0 saturated heterocycles. The first kappa shape index (κ1) is 10.2. The van der Waals surface area contributed by atoms with Gasteiger partial charge in [-0.1, -0.05) is 18.2 Å². The normalized spacial score (nSPS) is 9.25. The molecule has 0 bridgehead atoms. The van der Waals surface area contributed by atoms with Crippen molar-refractivity contribution in [3.05, 3.63) is 61.3 Å². The number of hydrogen-bond acceptors (Lipinski definition) is 4. The molecular weight excluding hydrogens is 200 g/mol. The first-order chi connectivity index (χ1) is 7.97. The van der Waals surface area contributed by atoms with E-state index < -0.39 is 0 Å². The summed E-state index contributed by atoms with van der Waals surface area (Å²) < 4.78 is 0. The number of nitrogens with zero attached hydrogens (tertiary/aromatic N) is 4. The van der Waals surface area contributed by atoms with Crippen molar-refractivity contribution in [1.29, 1.82) is 0 Å². The Morgan fingerprint density at radius 2 is 1.56 bits per heavy atom. The number of hydrogen-bond donors (Lipinski definition) is 0. The average Bonchev–Trinajstić information content (AvgIpc) is 2.42. The molecule has 1 aromatic carbocycles. The summed E-state index contributed by atoms with van der Waals surface area (Å²) in [4.78, 5) is 7.97. The molecule has 4 nitrogen and oxygen atoms in total. The molecular formula is C12H10N4. The molecule has 0 fully saturated rings. The molecule has 0 saturated carbocycles. The number of para-hydroxylation sites is 1. The Balaban J connectivity index is 0.000000138. The highest BCUT2D eigenvalue weighted by Gasteiger charge is 1.87. The van der Waals surface area contributed by atoms with Crippen molar-refractivity contribution in [2.24, 2.45) is 0 Å². The molecule has 3 rings (SSSR count). The van der Waals surface area contributed by atoms with Crippen LogP contribution in [-0.2, 0) is 0 Å². The molecule has 0 amide bonds. The lowest BCUT2D eigenvalue weighted by Gasteiger charge is -1.90. The standard InChI is InChI=1S/C8H6N2.C4H4N2/c1-2-4-8-7(3-1)5-9-6-10-8;1-2-4-6-5-3-1/h1-6H;1-4H. The molecule has 0 aliphatic heterocycles. The molecule has 4 heteroatoms. The molecule has 3 aromatic rings. The smallest absolute Gasteiger partial charge is 0.116 e. The predicted octanol–water partition coefficient (Wildman–Crippen LogP) is 2.11. The summed E-state index contributed by atoms with van der Waals surface area (Å²) in [6.07, 6.45) is 6.64. The van der Waals surface area contributed by atoms with Crippen molar-refractivity contribution < 1.29 is 0 Å². The summed E-state index contributed by atoms with van der Waals surface area (Å²) >= 11 is 0. The van der Waals surface area contributed by atoms with E-state index in [0.29, 0.717) is 0 Å². The molecule has 16 heavy (non-hydrogen) atoms. The van der Waals surface area contributed by atoms with Crippen LogP contribution in [0.1, 0.15) is 0 Å². The van der Waals surface area contributed by atoms with Crippen LogP contribution in [0.5, 0.6) is 0 Å². The van der Waals surface area contributed by atoms with Gasteiger partial charge in [-0.25, -0.2) is 9.97 Å². The van der Waals surface area contributed by atoms with Gasteiger partial charge in [0.2, 0.25) is 0 Å². The Morgan fingerprint density at radius 3 is 2.19 bits per heavy atom. The van der Waals surface area contributed by atoms with Crippen LogP contribution in [-0.4, -0.2) is 20.2 Å². The van der Waals surface area contributed by atoms with Crippen molar-refractivity contribution in [1.82, 2.24) is 20.2 Å². The van der Waals surface area contributed by atoms with Crippen molar-refractivity contribution >= 4 is 10.9 Å². The molecule has 0 atom stereocenters. The van der Waals surface area contributed by atoms with E-state index in [1.54, 1.807) is 18.7 Å².